The summed E-state index contributed by atoms with van der Waals surface area (Å²) >= 11 is 0. The number of nitrogens with one attached hydrogen (secondary N) is 1. The van der Waals surface area contributed by atoms with E-state index in [4.69, 9.17) is 0 Å². The summed E-state index contributed by atoms with van der Waals surface area (Å²) in [6.45, 7) is 5.31. The molecule has 1 fully saturated rings. The van der Waals surface area contributed by atoms with Crippen molar-refractivity contribution in [2.24, 2.45) is 0 Å². The van der Waals surface area contributed by atoms with Crippen LogP contribution < -0.4 is 5.32 Å². The molecule has 0 aliphatic carbocycles. The number of aliphatic hydroxyl groups is 1. The van der Waals surface area contributed by atoms with Crippen LogP contribution in [0.2, 0.25) is 0 Å². The zero-order valence-corrected chi connectivity index (χ0v) is 11.9. The van der Waals surface area contributed by atoms with Crippen LogP contribution in [-0.4, -0.2) is 41.1 Å². The summed E-state index contributed by atoms with van der Waals surface area (Å²) in [6, 6.07) is 4.34. The van der Waals surface area contributed by atoms with Crippen molar-refractivity contribution in [2.75, 3.05) is 25.0 Å². The molecule has 5 heteroatoms. The monoisotopic (exact) mass is 280 g/mol. The smallest absolute Gasteiger partial charge is 0.238 e. The van der Waals surface area contributed by atoms with E-state index in [1.807, 2.05) is 18.7 Å². The van der Waals surface area contributed by atoms with E-state index in [1.54, 1.807) is 6.07 Å². The molecule has 2 N–H and O–H groups in total. The molecule has 1 amide bonds. The van der Waals surface area contributed by atoms with Crippen molar-refractivity contribution in [3.8, 4) is 0 Å². The number of amides is 1. The Morgan fingerprint density at radius 2 is 2.10 bits per heavy atom. The van der Waals surface area contributed by atoms with Gasteiger partial charge < -0.3 is 10.4 Å². The van der Waals surface area contributed by atoms with Gasteiger partial charge in [-0.1, -0.05) is 6.07 Å². The van der Waals surface area contributed by atoms with Gasteiger partial charge in [-0.15, -0.1) is 0 Å². The lowest BCUT2D eigenvalue weighted by Gasteiger charge is -2.35. The van der Waals surface area contributed by atoms with Gasteiger partial charge in [0.25, 0.3) is 0 Å². The number of likely N-dealkylation sites (tertiary alicyclic amines) is 1. The number of carbonyl (C=O) groups excluding carboxylic acids is 1. The third-order valence-corrected chi connectivity index (χ3v) is 3.77. The number of piperidine rings is 1. The van der Waals surface area contributed by atoms with Crippen molar-refractivity contribution in [2.45, 2.75) is 32.3 Å². The first kappa shape index (κ1) is 14.9. The average Bonchev–Trinajstić information content (AvgIpc) is 2.36. The minimum absolute atomic E-state index is 0.153. The minimum Gasteiger partial charge on any atom is -0.390 e. The number of aryl methyl sites for hydroxylation is 1. The lowest BCUT2D eigenvalue weighted by Crippen LogP contribution is -2.45. The fraction of sp³-hybridized carbons (Fsp3) is 0.533. The van der Waals surface area contributed by atoms with Crippen LogP contribution in [0.4, 0.5) is 10.1 Å². The lowest BCUT2D eigenvalue weighted by molar-refractivity contribution is -0.118. The van der Waals surface area contributed by atoms with Crippen LogP contribution >= 0.6 is 0 Å². The third kappa shape index (κ3) is 4.02. The van der Waals surface area contributed by atoms with Crippen molar-refractivity contribution in [1.29, 1.82) is 0 Å². The predicted molar refractivity (Wildman–Crippen MR) is 76.1 cm³/mol. The van der Waals surface area contributed by atoms with Crippen LogP contribution in [0.1, 0.15) is 25.3 Å². The highest BCUT2D eigenvalue weighted by molar-refractivity contribution is 5.92. The summed E-state index contributed by atoms with van der Waals surface area (Å²) in [7, 11) is 0. The van der Waals surface area contributed by atoms with Crippen molar-refractivity contribution in [1.82, 2.24) is 4.90 Å². The van der Waals surface area contributed by atoms with Gasteiger partial charge in [0.2, 0.25) is 5.91 Å². The number of hydrogen-bond acceptors (Lipinski definition) is 3. The maximum absolute atomic E-state index is 13.2. The first-order chi connectivity index (χ1) is 9.35. The molecule has 0 aromatic heterocycles. The highest BCUT2D eigenvalue weighted by Crippen LogP contribution is 2.21. The van der Waals surface area contributed by atoms with Gasteiger partial charge in [0.05, 0.1) is 12.1 Å². The van der Waals surface area contributed by atoms with E-state index in [-0.39, 0.29) is 18.3 Å². The number of halogens is 1. The number of nitrogens with zero attached hydrogens (tertiary/aromatic N) is 1. The van der Waals surface area contributed by atoms with Crippen LogP contribution in [0.25, 0.3) is 0 Å². The van der Waals surface area contributed by atoms with E-state index in [0.717, 1.165) is 5.56 Å². The van der Waals surface area contributed by atoms with E-state index in [1.165, 1.54) is 12.1 Å². The molecule has 1 aromatic carbocycles. The normalized spacial score (nSPS) is 18.8. The van der Waals surface area contributed by atoms with Crippen molar-refractivity contribution < 1.29 is 14.3 Å². The zero-order chi connectivity index (χ0) is 14.8. The molecule has 2 rings (SSSR count). The van der Waals surface area contributed by atoms with Crippen molar-refractivity contribution in [3.05, 3.63) is 29.6 Å². The zero-order valence-electron chi connectivity index (χ0n) is 11.9. The maximum atomic E-state index is 13.2. The highest BCUT2D eigenvalue weighted by Gasteiger charge is 2.28. The summed E-state index contributed by atoms with van der Waals surface area (Å²) in [5.74, 6) is -0.514. The van der Waals surface area contributed by atoms with Gasteiger partial charge in [0, 0.05) is 18.8 Å². The Labute approximate surface area is 118 Å². The van der Waals surface area contributed by atoms with Crippen LogP contribution in [0.15, 0.2) is 18.2 Å². The lowest BCUT2D eigenvalue weighted by atomic mass is 9.94. The number of benzene rings is 1. The number of rotatable bonds is 3. The number of hydrogen-bond donors (Lipinski definition) is 2. The molecule has 4 nitrogen and oxygen atoms in total. The first-order valence-corrected chi connectivity index (χ1v) is 6.86. The molecule has 0 radical (unpaired) electrons. The van der Waals surface area contributed by atoms with E-state index >= 15 is 0 Å². The molecule has 0 saturated carbocycles. The predicted octanol–water partition coefficient (Wildman–Crippen LogP) is 1.92. The van der Waals surface area contributed by atoms with Crippen LogP contribution in [0, 0.1) is 12.7 Å². The molecule has 0 bridgehead atoms. The van der Waals surface area contributed by atoms with E-state index < -0.39 is 5.60 Å². The molecular formula is C15H21FN2O2. The molecule has 110 valence electrons. The van der Waals surface area contributed by atoms with Crippen LogP contribution in [-0.2, 0) is 4.79 Å². The molecule has 1 aromatic rings. The molecule has 0 unspecified atom stereocenters. The fourth-order valence-corrected chi connectivity index (χ4v) is 2.31. The Kier molecular flexibility index (Phi) is 4.40. The van der Waals surface area contributed by atoms with E-state index in [9.17, 15) is 14.3 Å². The Bertz CT molecular complexity index is 493. The van der Waals surface area contributed by atoms with Gasteiger partial charge in [-0.2, -0.15) is 0 Å². The molecular weight excluding hydrogens is 259 g/mol. The third-order valence-electron chi connectivity index (χ3n) is 3.77. The van der Waals surface area contributed by atoms with Crippen molar-refractivity contribution >= 4 is 11.6 Å². The van der Waals surface area contributed by atoms with Gasteiger partial charge in [0.15, 0.2) is 0 Å². The number of anilines is 1. The van der Waals surface area contributed by atoms with Gasteiger partial charge >= 0.3 is 0 Å². The van der Waals surface area contributed by atoms with Gasteiger partial charge in [-0.25, -0.2) is 4.39 Å². The SMILES string of the molecule is Cc1ccc(F)cc1NC(=O)CN1CCC(C)(O)CC1. The van der Waals surface area contributed by atoms with Gasteiger partial charge in [-0.3, -0.25) is 9.69 Å². The Hall–Kier alpha value is -1.46. The minimum atomic E-state index is -0.619. The molecule has 1 saturated heterocycles. The van der Waals surface area contributed by atoms with Gasteiger partial charge in [0.1, 0.15) is 5.82 Å². The first-order valence-electron chi connectivity index (χ1n) is 6.86. The summed E-state index contributed by atoms with van der Waals surface area (Å²) in [4.78, 5) is 14.0. The van der Waals surface area contributed by atoms with Gasteiger partial charge in [-0.05, 0) is 44.4 Å². The standard InChI is InChI=1S/C15H21FN2O2/c1-11-3-4-12(16)9-13(11)17-14(19)10-18-7-5-15(2,20)6-8-18/h3-4,9,20H,5-8,10H2,1-2H3,(H,17,19). The Morgan fingerprint density at radius 3 is 2.75 bits per heavy atom. The summed E-state index contributed by atoms with van der Waals surface area (Å²) < 4.78 is 13.2. The molecule has 1 heterocycles. The molecule has 1 aliphatic rings. The number of carbonyl (C=O) groups is 1. The Balaban J connectivity index is 1.88. The second kappa shape index (κ2) is 5.89. The topological polar surface area (TPSA) is 52.6 Å². The maximum Gasteiger partial charge on any atom is 0.238 e. The molecule has 0 atom stereocenters. The van der Waals surface area contributed by atoms with E-state index in [0.29, 0.717) is 31.6 Å². The molecule has 0 spiro atoms. The highest BCUT2D eigenvalue weighted by atomic mass is 19.1. The van der Waals surface area contributed by atoms with E-state index in [2.05, 4.69) is 5.32 Å². The molecule has 1 aliphatic heterocycles. The largest absolute Gasteiger partial charge is 0.390 e. The molecule has 20 heavy (non-hydrogen) atoms. The van der Waals surface area contributed by atoms with Crippen molar-refractivity contribution in [3.63, 3.8) is 0 Å². The fourth-order valence-electron chi connectivity index (χ4n) is 2.31. The summed E-state index contributed by atoms with van der Waals surface area (Å²) in [5, 5.41) is 12.6. The second-order valence-corrected chi connectivity index (χ2v) is 5.78. The summed E-state index contributed by atoms with van der Waals surface area (Å²) in [5.41, 5.74) is 0.729. The quantitative estimate of drug-likeness (QED) is 0.889. The average molecular weight is 280 g/mol. The second-order valence-electron chi connectivity index (χ2n) is 5.78. The Morgan fingerprint density at radius 1 is 1.45 bits per heavy atom. The van der Waals surface area contributed by atoms with Crippen LogP contribution in [0.3, 0.4) is 0 Å². The van der Waals surface area contributed by atoms with Crippen LogP contribution in [0.5, 0.6) is 0 Å². The summed E-state index contributed by atoms with van der Waals surface area (Å²) in [6.07, 6.45) is 1.33.